The van der Waals surface area contributed by atoms with Crippen molar-refractivity contribution in [2.24, 2.45) is 5.41 Å². The Morgan fingerprint density at radius 1 is 0.673 bits per heavy atom. The van der Waals surface area contributed by atoms with Crippen LogP contribution in [0.4, 0.5) is 11.4 Å². The van der Waals surface area contributed by atoms with Crippen molar-refractivity contribution in [2.45, 2.75) is 83.0 Å². The fraction of sp³-hybridized carbons (Fsp3) is 0.302. The van der Waals surface area contributed by atoms with Gasteiger partial charge in [-0.1, -0.05) is 148 Å². The molecule has 0 bridgehead atoms. The van der Waals surface area contributed by atoms with Gasteiger partial charge in [0.05, 0.1) is 5.41 Å². The largest absolute Gasteiger partial charge is 0.347 e. The van der Waals surface area contributed by atoms with E-state index in [1.54, 1.807) is 5.56 Å². The van der Waals surface area contributed by atoms with Crippen molar-refractivity contribution in [1.29, 1.82) is 0 Å². The van der Waals surface area contributed by atoms with Gasteiger partial charge in [0.15, 0.2) is 5.71 Å². The monoisotopic (exact) mass is 719 g/mol. The first-order valence-electron chi connectivity index (χ1n) is 20.6. The molecule has 0 amide bonds. The van der Waals surface area contributed by atoms with Crippen LogP contribution in [0.5, 0.6) is 0 Å². The summed E-state index contributed by atoms with van der Waals surface area (Å²) in [6.07, 6.45) is 26.2. The highest BCUT2D eigenvalue weighted by atomic mass is 15.2. The first kappa shape index (κ1) is 35.5. The normalized spacial score (nSPS) is 23.2. The Hall–Kier alpha value is -5.21. The van der Waals surface area contributed by atoms with E-state index in [1.165, 1.54) is 98.7 Å². The Morgan fingerprint density at radius 3 is 2.07 bits per heavy atom. The SMILES string of the molecule is CN1/C(=C/C=C/C2=CC(=C/C=C/C3=[N+](C)c4ccc5ccccc5c4C3(C)Cc3ccccc3)/CC(C)(C)C2)C2(CCCCC2)c2c1ccc1ccccc21. The van der Waals surface area contributed by atoms with Gasteiger partial charge in [0.1, 0.15) is 7.05 Å². The van der Waals surface area contributed by atoms with E-state index in [9.17, 15) is 0 Å². The van der Waals surface area contributed by atoms with Crippen LogP contribution >= 0.6 is 0 Å². The summed E-state index contributed by atoms with van der Waals surface area (Å²) in [5.74, 6) is 0. The summed E-state index contributed by atoms with van der Waals surface area (Å²) in [5.41, 5.74) is 12.8. The smallest absolute Gasteiger partial charge is 0.210 e. The molecule has 2 nitrogen and oxygen atoms in total. The molecule has 0 N–H and O–H groups in total. The van der Waals surface area contributed by atoms with Crippen LogP contribution in [0.1, 0.15) is 82.4 Å². The van der Waals surface area contributed by atoms with Crippen LogP contribution < -0.4 is 4.90 Å². The molecule has 1 fully saturated rings. The number of hydrogen-bond donors (Lipinski definition) is 0. The minimum atomic E-state index is -0.167. The third-order valence-corrected chi connectivity index (χ3v) is 13.3. The Bertz CT molecular complexity index is 2490. The average molecular weight is 720 g/mol. The maximum absolute atomic E-state index is 2.50. The van der Waals surface area contributed by atoms with Gasteiger partial charge in [0.25, 0.3) is 0 Å². The van der Waals surface area contributed by atoms with Crippen molar-refractivity contribution in [3.63, 3.8) is 0 Å². The zero-order valence-corrected chi connectivity index (χ0v) is 33.4. The van der Waals surface area contributed by atoms with Crippen LogP contribution in [0.15, 0.2) is 163 Å². The summed E-state index contributed by atoms with van der Waals surface area (Å²) in [6.45, 7) is 7.29. The molecule has 0 aromatic heterocycles. The summed E-state index contributed by atoms with van der Waals surface area (Å²) in [4.78, 5) is 2.50. The fourth-order valence-electron chi connectivity index (χ4n) is 11.0. The van der Waals surface area contributed by atoms with Crippen LogP contribution in [0.3, 0.4) is 0 Å². The Balaban J connectivity index is 1.04. The number of fused-ring (bicyclic) bond motifs is 7. The quantitative estimate of drug-likeness (QED) is 0.158. The van der Waals surface area contributed by atoms with Crippen molar-refractivity contribution >= 4 is 38.6 Å². The fourth-order valence-corrected chi connectivity index (χ4v) is 11.0. The highest BCUT2D eigenvalue weighted by molar-refractivity contribution is 6.08. The van der Waals surface area contributed by atoms with Gasteiger partial charge in [0, 0.05) is 41.6 Å². The van der Waals surface area contributed by atoms with E-state index in [1.807, 2.05) is 0 Å². The molecule has 2 heterocycles. The van der Waals surface area contributed by atoms with Crippen LogP contribution in [0, 0.1) is 5.41 Å². The minimum absolute atomic E-state index is 0.0929. The molecule has 4 aliphatic rings. The van der Waals surface area contributed by atoms with Crippen molar-refractivity contribution in [1.82, 2.24) is 0 Å². The molecule has 1 unspecified atom stereocenters. The summed E-state index contributed by atoms with van der Waals surface area (Å²) in [5, 5.41) is 5.45. The molecule has 276 valence electrons. The Morgan fingerprint density at radius 2 is 1.33 bits per heavy atom. The zero-order valence-electron chi connectivity index (χ0n) is 33.4. The molecule has 5 aromatic carbocycles. The predicted octanol–water partition coefficient (Wildman–Crippen LogP) is 13.2. The number of benzene rings is 5. The number of nitrogens with zero attached hydrogens (tertiary/aromatic N) is 2. The molecule has 1 atom stereocenters. The first-order valence-corrected chi connectivity index (χ1v) is 20.6. The second-order valence-corrected chi connectivity index (χ2v) is 17.8. The lowest BCUT2D eigenvalue weighted by molar-refractivity contribution is -0.401. The average Bonchev–Trinajstić information content (AvgIpc) is 3.54. The molecule has 9 rings (SSSR count). The van der Waals surface area contributed by atoms with Gasteiger partial charge in [-0.3, -0.25) is 0 Å². The van der Waals surface area contributed by atoms with Gasteiger partial charge in [0.2, 0.25) is 5.69 Å². The topological polar surface area (TPSA) is 6.25 Å². The van der Waals surface area contributed by atoms with E-state index >= 15 is 0 Å². The van der Waals surface area contributed by atoms with Crippen LogP contribution in [0.2, 0.25) is 0 Å². The van der Waals surface area contributed by atoms with Crippen molar-refractivity contribution in [3.8, 4) is 0 Å². The number of likely N-dealkylation sites (N-methyl/N-ethyl adjacent to an activating group) is 1. The zero-order chi connectivity index (χ0) is 37.8. The molecular weight excluding hydrogens is 665 g/mol. The van der Waals surface area contributed by atoms with Gasteiger partial charge in [-0.2, -0.15) is 4.58 Å². The number of rotatable bonds is 6. The van der Waals surface area contributed by atoms with Gasteiger partial charge in [-0.25, -0.2) is 0 Å². The summed E-state index contributed by atoms with van der Waals surface area (Å²) in [7, 11) is 4.54. The Labute approximate surface area is 328 Å². The molecule has 0 radical (unpaired) electrons. The lowest BCUT2D eigenvalue weighted by Gasteiger charge is -2.37. The maximum Gasteiger partial charge on any atom is 0.210 e. The highest BCUT2D eigenvalue weighted by Crippen LogP contribution is 2.57. The van der Waals surface area contributed by atoms with Crippen molar-refractivity contribution in [3.05, 3.63) is 179 Å². The van der Waals surface area contributed by atoms with E-state index in [-0.39, 0.29) is 16.2 Å². The van der Waals surface area contributed by atoms with E-state index in [0.717, 1.165) is 19.3 Å². The van der Waals surface area contributed by atoms with E-state index in [2.05, 4.69) is 190 Å². The van der Waals surface area contributed by atoms with Gasteiger partial charge < -0.3 is 4.90 Å². The Kier molecular flexibility index (Phi) is 8.92. The second-order valence-electron chi connectivity index (χ2n) is 17.8. The minimum Gasteiger partial charge on any atom is -0.347 e. The number of anilines is 1. The van der Waals surface area contributed by atoms with E-state index in [4.69, 9.17) is 0 Å². The molecular formula is C53H55N2+. The summed E-state index contributed by atoms with van der Waals surface area (Å²) in [6, 6.07) is 38.2. The summed E-state index contributed by atoms with van der Waals surface area (Å²) < 4.78 is 2.43. The van der Waals surface area contributed by atoms with Crippen molar-refractivity contribution in [2.75, 3.05) is 19.0 Å². The second kappa shape index (κ2) is 13.8. The molecule has 1 spiro atoms. The van der Waals surface area contributed by atoms with Crippen LogP contribution in [0.25, 0.3) is 21.5 Å². The van der Waals surface area contributed by atoms with Gasteiger partial charge >= 0.3 is 0 Å². The predicted molar refractivity (Wildman–Crippen MR) is 235 cm³/mol. The summed E-state index contributed by atoms with van der Waals surface area (Å²) >= 11 is 0. The lowest BCUT2D eigenvalue weighted by Crippen LogP contribution is -2.33. The highest BCUT2D eigenvalue weighted by Gasteiger charge is 2.48. The van der Waals surface area contributed by atoms with Crippen LogP contribution in [-0.4, -0.2) is 24.4 Å². The third-order valence-electron chi connectivity index (χ3n) is 13.3. The maximum atomic E-state index is 2.50. The number of allylic oxidation sites excluding steroid dienone is 10. The molecule has 1 saturated carbocycles. The molecule has 5 aromatic rings. The van der Waals surface area contributed by atoms with E-state index in [0.29, 0.717) is 0 Å². The first-order chi connectivity index (χ1) is 26.7. The van der Waals surface area contributed by atoms with Gasteiger partial charge in [-0.05, 0) is 106 Å². The van der Waals surface area contributed by atoms with Crippen LogP contribution in [-0.2, 0) is 17.3 Å². The molecule has 2 heteroatoms. The lowest BCUT2D eigenvalue weighted by atomic mass is 9.67. The molecule has 2 aliphatic carbocycles. The third kappa shape index (κ3) is 6.15. The number of hydrogen-bond acceptors (Lipinski definition) is 1. The molecule has 55 heavy (non-hydrogen) atoms. The molecule has 0 saturated heterocycles. The van der Waals surface area contributed by atoms with E-state index < -0.39 is 0 Å². The van der Waals surface area contributed by atoms with Crippen molar-refractivity contribution < 1.29 is 4.58 Å². The molecule has 2 aliphatic heterocycles. The van der Waals surface area contributed by atoms with Gasteiger partial charge in [-0.15, -0.1) is 0 Å². The standard InChI is InChI=1S/C53H55N2/c1-51(2)35-39(20-16-26-47-52(3,37-38-18-8-6-9-19-38)49-43-24-12-10-22-41(43)28-30-45(49)54(47)4)34-40(36-51)21-17-27-48-53(32-14-7-15-33-53)50-44-25-13-11-23-42(44)29-31-46(50)55(48)5/h6,8-13,16-31,34H,7,14-15,32-33,35-37H2,1-5H3/q+1.